The van der Waals surface area contributed by atoms with Crippen molar-refractivity contribution >= 4 is 11.8 Å². The second-order valence-corrected chi connectivity index (χ2v) is 8.06. The van der Waals surface area contributed by atoms with Gasteiger partial charge in [-0.05, 0) is 33.1 Å². The third-order valence-electron chi connectivity index (χ3n) is 5.72. The van der Waals surface area contributed by atoms with E-state index in [1.807, 2.05) is 16.7 Å². The third-order valence-corrected chi connectivity index (χ3v) is 5.72. The van der Waals surface area contributed by atoms with Crippen LogP contribution in [0.5, 0.6) is 0 Å². The molecule has 2 aliphatic rings. The van der Waals surface area contributed by atoms with Gasteiger partial charge in [0.05, 0.1) is 29.8 Å². The summed E-state index contributed by atoms with van der Waals surface area (Å²) in [6.45, 7) is 6.13. The molecular formula is C20H25N5O3. The maximum absolute atomic E-state index is 12.8. The third kappa shape index (κ3) is 3.76. The summed E-state index contributed by atoms with van der Waals surface area (Å²) in [6.07, 6.45) is 6.69. The van der Waals surface area contributed by atoms with Crippen LogP contribution in [0.3, 0.4) is 0 Å². The topological polar surface area (TPSA) is 92.4 Å². The van der Waals surface area contributed by atoms with Crippen molar-refractivity contribution in [2.24, 2.45) is 5.41 Å². The largest absolute Gasteiger partial charge is 0.351 e. The fourth-order valence-corrected chi connectivity index (χ4v) is 4.28. The molecule has 0 aromatic carbocycles. The van der Waals surface area contributed by atoms with Gasteiger partial charge in [-0.3, -0.25) is 19.6 Å². The number of rotatable bonds is 3. The SMILES string of the molecule is Cc1cnc(CN2C[C@@]3(CCCN(C(=O)c4cc(C)no4)C3)CCC2=O)cn1. The van der Waals surface area contributed by atoms with Crippen molar-refractivity contribution in [3.63, 3.8) is 0 Å². The van der Waals surface area contributed by atoms with E-state index in [1.165, 1.54) is 0 Å². The Morgan fingerprint density at radius 1 is 1.18 bits per heavy atom. The van der Waals surface area contributed by atoms with Gasteiger partial charge in [0.15, 0.2) is 0 Å². The number of hydrogen-bond acceptors (Lipinski definition) is 6. The Bertz CT molecular complexity index is 878. The van der Waals surface area contributed by atoms with Crippen LogP contribution in [0.4, 0.5) is 0 Å². The van der Waals surface area contributed by atoms with Crippen LogP contribution in [0, 0.1) is 19.3 Å². The fraction of sp³-hybridized carbons (Fsp3) is 0.550. The lowest BCUT2D eigenvalue weighted by Crippen LogP contribution is -2.54. The fourth-order valence-electron chi connectivity index (χ4n) is 4.28. The lowest BCUT2D eigenvalue weighted by Gasteiger charge is -2.48. The highest BCUT2D eigenvalue weighted by atomic mass is 16.5. The van der Waals surface area contributed by atoms with Crippen LogP contribution in [0.2, 0.25) is 0 Å². The summed E-state index contributed by atoms with van der Waals surface area (Å²) in [6, 6.07) is 1.68. The van der Waals surface area contributed by atoms with Gasteiger partial charge >= 0.3 is 0 Å². The molecule has 4 heterocycles. The van der Waals surface area contributed by atoms with Gasteiger partial charge in [0.1, 0.15) is 0 Å². The second-order valence-electron chi connectivity index (χ2n) is 8.06. The predicted molar refractivity (Wildman–Crippen MR) is 100 cm³/mol. The van der Waals surface area contributed by atoms with Crippen molar-refractivity contribution in [3.8, 4) is 0 Å². The van der Waals surface area contributed by atoms with Crippen LogP contribution in [-0.2, 0) is 11.3 Å². The van der Waals surface area contributed by atoms with Crippen LogP contribution in [0.1, 0.15) is 53.3 Å². The van der Waals surface area contributed by atoms with Crippen molar-refractivity contribution < 1.29 is 14.1 Å². The molecule has 4 rings (SSSR count). The van der Waals surface area contributed by atoms with Crippen molar-refractivity contribution in [3.05, 3.63) is 41.3 Å². The minimum Gasteiger partial charge on any atom is -0.351 e. The van der Waals surface area contributed by atoms with E-state index in [4.69, 9.17) is 4.52 Å². The molecule has 0 unspecified atom stereocenters. The number of carbonyl (C=O) groups excluding carboxylic acids is 2. The maximum Gasteiger partial charge on any atom is 0.292 e. The van der Waals surface area contributed by atoms with E-state index in [1.54, 1.807) is 25.4 Å². The summed E-state index contributed by atoms with van der Waals surface area (Å²) >= 11 is 0. The summed E-state index contributed by atoms with van der Waals surface area (Å²) in [4.78, 5) is 37.7. The zero-order valence-corrected chi connectivity index (χ0v) is 16.3. The number of piperidine rings is 2. The number of carbonyl (C=O) groups is 2. The first kappa shape index (κ1) is 18.6. The lowest BCUT2D eigenvalue weighted by molar-refractivity contribution is -0.139. The van der Waals surface area contributed by atoms with Crippen molar-refractivity contribution in [1.29, 1.82) is 0 Å². The molecule has 2 aromatic rings. The normalized spacial score (nSPS) is 22.7. The van der Waals surface area contributed by atoms with E-state index in [-0.39, 0.29) is 23.0 Å². The summed E-state index contributed by atoms with van der Waals surface area (Å²) in [5, 5.41) is 3.82. The summed E-state index contributed by atoms with van der Waals surface area (Å²) in [7, 11) is 0. The van der Waals surface area contributed by atoms with Crippen LogP contribution in [0.15, 0.2) is 23.0 Å². The number of likely N-dealkylation sites (tertiary alicyclic amines) is 2. The summed E-state index contributed by atoms with van der Waals surface area (Å²) < 4.78 is 5.16. The van der Waals surface area contributed by atoms with Crippen LogP contribution < -0.4 is 0 Å². The predicted octanol–water partition coefficient (Wildman–Crippen LogP) is 2.13. The molecule has 2 amide bonds. The Morgan fingerprint density at radius 2 is 2.04 bits per heavy atom. The van der Waals surface area contributed by atoms with Gasteiger partial charge in [-0.15, -0.1) is 0 Å². The van der Waals surface area contributed by atoms with Gasteiger partial charge in [0.2, 0.25) is 11.7 Å². The Labute approximate surface area is 163 Å². The minimum atomic E-state index is -0.118. The average molecular weight is 383 g/mol. The standard InChI is InChI=1S/C20H25N5O3/c1-14-8-17(28-23-14)19(27)24-7-3-5-20(12-24)6-4-18(26)25(13-20)11-16-10-21-15(2)9-22-16/h8-10H,3-7,11-13H2,1-2H3/t20-/m0/s1. The smallest absolute Gasteiger partial charge is 0.292 e. The highest BCUT2D eigenvalue weighted by Crippen LogP contribution is 2.39. The molecule has 8 heteroatoms. The number of amides is 2. The maximum atomic E-state index is 12.8. The zero-order valence-electron chi connectivity index (χ0n) is 16.3. The van der Waals surface area contributed by atoms with E-state index in [9.17, 15) is 9.59 Å². The molecule has 1 atom stereocenters. The first-order chi connectivity index (χ1) is 13.4. The molecule has 0 saturated carbocycles. The Balaban J connectivity index is 1.47. The Hall–Kier alpha value is -2.77. The highest BCUT2D eigenvalue weighted by molar-refractivity contribution is 5.91. The molecule has 0 N–H and O–H groups in total. The summed E-state index contributed by atoms with van der Waals surface area (Å²) in [5.41, 5.74) is 2.27. The van der Waals surface area contributed by atoms with E-state index in [2.05, 4.69) is 15.1 Å². The van der Waals surface area contributed by atoms with Gasteiger partial charge in [-0.1, -0.05) is 5.16 Å². The van der Waals surface area contributed by atoms with Gasteiger partial charge in [-0.25, -0.2) is 0 Å². The Morgan fingerprint density at radius 3 is 2.75 bits per heavy atom. The van der Waals surface area contributed by atoms with Crippen LogP contribution in [0.25, 0.3) is 0 Å². The van der Waals surface area contributed by atoms with Crippen molar-refractivity contribution in [2.75, 3.05) is 19.6 Å². The number of hydrogen-bond donors (Lipinski definition) is 0. The van der Waals surface area contributed by atoms with E-state index >= 15 is 0 Å². The van der Waals surface area contributed by atoms with Gasteiger partial charge in [-0.2, -0.15) is 0 Å². The molecule has 0 aliphatic carbocycles. The monoisotopic (exact) mass is 383 g/mol. The Kier molecular flexibility index (Phi) is 4.87. The van der Waals surface area contributed by atoms with Gasteiger partial charge < -0.3 is 14.3 Å². The van der Waals surface area contributed by atoms with Crippen molar-refractivity contribution in [1.82, 2.24) is 24.9 Å². The van der Waals surface area contributed by atoms with Crippen molar-refractivity contribution in [2.45, 2.75) is 46.1 Å². The van der Waals surface area contributed by atoms with Gasteiger partial charge in [0, 0.05) is 43.7 Å². The highest BCUT2D eigenvalue weighted by Gasteiger charge is 2.43. The number of aryl methyl sites for hydroxylation is 2. The molecule has 2 saturated heterocycles. The van der Waals surface area contributed by atoms with Crippen LogP contribution in [-0.4, -0.2) is 56.4 Å². The average Bonchev–Trinajstić information content (AvgIpc) is 3.13. The molecule has 0 radical (unpaired) electrons. The quantitative estimate of drug-likeness (QED) is 0.806. The molecule has 8 nitrogen and oxygen atoms in total. The molecule has 148 valence electrons. The number of aromatic nitrogens is 3. The van der Waals surface area contributed by atoms with E-state index in [0.717, 1.165) is 30.7 Å². The molecule has 1 spiro atoms. The summed E-state index contributed by atoms with van der Waals surface area (Å²) in [5.74, 6) is 0.308. The van der Waals surface area contributed by atoms with E-state index in [0.29, 0.717) is 38.3 Å². The molecule has 2 aromatic heterocycles. The second kappa shape index (κ2) is 7.33. The van der Waals surface area contributed by atoms with Gasteiger partial charge in [0.25, 0.3) is 5.91 Å². The van der Waals surface area contributed by atoms with E-state index < -0.39 is 0 Å². The minimum absolute atomic E-state index is 0.0744. The molecular weight excluding hydrogens is 358 g/mol. The first-order valence-electron chi connectivity index (χ1n) is 9.72. The zero-order chi connectivity index (χ0) is 19.7. The molecule has 2 fully saturated rings. The first-order valence-corrected chi connectivity index (χ1v) is 9.72. The molecule has 28 heavy (non-hydrogen) atoms. The number of nitrogens with zero attached hydrogens (tertiary/aromatic N) is 5. The van der Waals surface area contributed by atoms with Crippen LogP contribution >= 0.6 is 0 Å². The molecule has 0 bridgehead atoms. The molecule has 2 aliphatic heterocycles. The lowest BCUT2D eigenvalue weighted by atomic mass is 9.73.